The molecule has 1 saturated heterocycles. The minimum atomic E-state index is 0.139. The molecule has 1 amide bonds. The Morgan fingerprint density at radius 3 is 2.61 bits per heavy atom. The number of piperidine rings is 1. The molecule has 0 unspecified atom stereocenters. The van der Waals surface area contributed by atoms with Gasteiger partial charge in [0, 0.05) is 29.9 Å². The number of nitriles is 1. The van der Waals surface area contributed by atoms with E-state index in [4.69, 9.17) is 16.6 Å². The third-order valence-electron chi connectivity index (χ3n) is 6.61. The summed E-state index contributed by atoms with van der Waals surface area (Å²) in [5, 5.41) is 10.0. The van der Waals surface area contributed by atoms with Gasteiger partial charge in [-0.25, -0.2) is 0 Å². The quantitative estimate of drug-likeness (QED) is 0.524. The highest BCUT2D eigenvalue weighted by molar-refractivity contribution is 6.30. The number of halogens is 1. The van der Waals surface area contributed by atoms with E-state index in [1.165, 1.54) is 27.8 Å². The number of aryl methyl sites for hydroxylation is 2. The van der Waals surface area contributed by atoms with Gasteiger partial charge in [0.25, 0.3) is 0 Å². The fourth-order valence-electron chi connectivity index (χ4n) is 4.94. The van der Waals surface area contributed by atoms with Gasteiger partial charge in [0.1, 0.15) is 0 Å². The van der Waals surface area contributed by atoms with Crippen LogP contribution in [0, 0.1) is 11.3 Å². The van der Waals surface area contributed by atoms with E-state index in [9.17, 15) is 10.1 Å². The summed E-state index contributed by atoms with van der Waals surface area (Å²) >= 11 is 6.08. The summed E-state index contributed by atoms with van der Waals surface area (Å²) in [6.07, 6.45) is 5.68. The van der Waals surface area contributed by atoms with Gasteiger partial charge in [-0.3, -0.25) is 9.78 Å². The lowest BCUT2D eigenvalue weighted by atomic mass is 9.88. The fraction of sp³-hybridized carbons (Fsp3) is 0.250. The van der Waals surface area contributed by atoms with Crippen molar-refractivity contribution in [1.29, 1.82) is 5.26 Å². The zero-order valence-electron chi connectivity index (χ0n) is 18.4. The second-order valence-electron chi connectivity index (χ2n) is 8.66. The Bertz CT molecular complexity index is 1290. The Labute approximate surface area is 199 Å². The number of nitrogens with zero attached hydrogens (tertiary/aromatic N) is 3. The Kier molecular flexibility index (Phi) is 5.98. The monoisotopic (exact) mass is 453 g/mol. The normalized spacial score (nSPS) is 15.3. The molecule has 1 aromatic heterocycles. The predicted molar refractivity (Wildman–Crippen MR) is 130 cm³/mol. The molecule has 2 aliphatic rings. The van der Waals surface area contributed by atoms with E-state index >= 15 is 0 Å². The molecule has 5 heteroatoms. The first-order valence-corrected chi connectivity index (χ1v) is 11.7. The molecule has 1 aliphatic carbocycles. The number of carbonyl (C=O) groups excluding carboxylic acids is 1. The van der Waals surface area contributed by atoms with Crippen LogP contribution in [-0.4, -0.2) is 28.9 Å². The maximum atomic E-state index is 12.9. The minimum absolute atomic E-state index is 0.139. The maximum Gasteiger partial charge on any atom is 0.227 e. The topological polar surface area (TPSA) is 57.0 Å². The van der Waals surface area contributed by atoms with Crippen molar-refractivity contribution in [3.63, 3.8) is 0 Å². The molecule has 0 bridgehead atoms. The number of benzene rings is 2. The highest BCUT2D eigenvalue weighted by Gasteiger charge is 2.26. The Hall–Kier alpha value is -3.42. The molecule has 2 aromatic carbocycles. The summed E-state index contributed by atoms with van der Waals surface area (Å²) in [6.45, 7) is 1.40. The van der Waals surface area contributed by atoms with Crippen LogP contribution in [-0.2, 0) is 24.1 Å². The van der Waals surface area contributed by atoms with Crippen LogP contribution in [0.2, 0.25) is 5.02 Å². The summed E-state index contributed by atoms with van der Waals surface area (Å²) in [6, 6.07) is 19.9. The zero-order valence-corrected chi connectivity index (χ0v) is 19.1. The molecule has 0 N–H and O–H groups in total. The van der Waals surface area contributed by atoms with Gasteiger partial charge in [-0.2, -0.15) is 5.26 Å². The lowest BCUT2D eigenvalue weighted by Crippen LogP contribution is -2.37. The van der Waals surface area contributed by atoms with Crippen LogP contribution >= 0.6 is 11.6 Å². The molecule has 33 heavy (non-hydrogen) atoms. The van der Waals surface area contributed by atoms with Crippen molar-refractivity contribution in [2.24, 2.45) is 0 Å². The summed E-state index contributed by atoms with van der Waals surface area (Å²) in [7, 11) is 0. The Balaban J connectivity index is 1.44. The standard InChI is InChI=1S/C28H24ClN3O/c29-24-5-1-3-19(16-24)17-26(33)32-13-10-21(11-14-32)27-25-9-6-20(18-30)15-23(25)8-7-22-4-2-12-31-28(22)27/h1-6,9,12,15-16H,7-8,10-11,13-14,17H2. The van der Waals surface area contributed by atoms with Gasteiger partial charge in [-0.1, -0.05) is 41.4 Å². The van der Waals surface area contributed by atoms with Gasteiger partial charge in [-0.15, -0.1) is 0 Å². The number of hydrogen-bond donors (Lipinski definition) is 0. The van der Waals surface area contributed by atoms with Crippen LogP contribution in [0.1, 0.15) is 46.4 Å². The molecule has 5 rings (SSSR count). The van der Waals surface area contributed by atoms with E-state index in [0.29, 0.717) is 30.1 Å². The number of rotatable bonds is 2. The number of carbonyl (C=O) groups is 1. The molecule has 0 radical (unpaired) electrons. The molecular weight excluding hydrogens is 430 g/mol. The van der Waals surface area contributed by atoms with E-state index in [0.717, 1.165) is 36.9 Å². The molecule has 0 saturated carbocycles. The molecule has 0 spiro atoms. The summed E-state index contributed by atoms with van der Waals surface area (Å²) in [5.41, 5.74) is 8.86. The SMILES string of the molecule is N#Cc1ccc2c(c1)CCc1cccnc1C2=C1CCN(C(=O)Cc2cccc(Cl)c2)CC1. The van der Waals surface area contributed by atoms with Gasteiger partial charge in [-0.05, 0) is 78.3 Å². The largest absolute Gasteiger partial charge is 0.342 e. The summed E-state index contributed by atoms with van der Waals surface area (Å²) < 4.78 is 0. The molecule has 3 aromatic rings. The third kappa shape index (κ3) is 4.42. The van der Waals surface area contributed by atoms with Crippen molar-refractivity contribution >= 4 is 23.1 Å². The van der Waals surface area contributed by atoms with Crippen molar-refractivity contribution in [2.75, 3.05) is 13.1 Å². The second-order valence-corrected chi connectivity index (χ2v) is 9.10. The maximum absolute atomic E-state index is 12.9. The first-order valence-electron chi connectivity index (χ1n) is 11.3. The van der Waals surface area contributed by atoms with Gasteiger partial charge in [0.15, 0.2) is 0 Å². The summed E-state index contributed by atoms with van der Waals surface area (Å²) in [5.74, 6) is 0.139. The van der Waals surface area contributed by atoms with Crippen LogP contribution in [0.15, 0.2) is 66.4 Å². The number of aromatic nitrogens is 1. The molecular formula is C28H24ClN3O. The first kappa shape index (κ1) is 21.4. The van der Waals surface area contributed by atoms with Crippen molar-refractivity contribution in [2.45, 2.75) is 32.1 Å². The van der Waals surface area contributed by atoms with E-state index < -0.39 is 0 Å². The average Bonchev–Trinajstić information content (AvgIpc) is 3.00. The highest BCUT2D eigenvalue weighted by atomic mass is 35.5. The van der Waals surface area contributed by atoms with Gasteiger partial charge in [0.2, 0.25) is 5.91 Å². The Morgan fingerprint density at radius 2 is 1.82 bits per heavy atom. The van der Waals surface area contributed by atoms with Crippen molar-refractivity contribution in [1.82, 2.24) is 9.88 Å². The molecule has 1 aliphatic heterocycles. The lowest BCUT2D eigenvalue weighted by molar-refractivity contribution is -0.130. The van der Waals surface area contributed by atoms with Crippen LogP contribution in [0.25, 0.3) is 5.57 Å². The van der Waals surface area contributed by atoms with Crippen LogP contribution < -0.4 is 0 Å². The van der Waals surface area contributed by atoms with E-state index in [1.807, 2.05) is 53.6 Å². The average molecular weight is 454 g/mol. The van der Waals surface area contributed by atoms with E-state index in [1.54, 1.807) is 0 Å². The minimum Gasteiger partial charge on any atom is -0.342 e. The highest BCUT2D eigenvalue weighted by Crippen LogP contribution is 2.38. The van der Waals surface area contributed by atoms with Gasteiger partial charge >= 0.3 is 0 Å². The van der Waals surface area contributed by atoms with Crippen molar-refractivity contribution in [3.8, 4) is 6.07 Å². The number of amides is 1. The second kappa shape index (κ2) is 9.21. The van der Waals surface area contributed by atoms with Crippen LogP contribution in [0.5, 0.6) is 0 Å². The number of hydrogen-bond acceptors (Lipinski definition) is 3. The van der Waals surface area contributed by atoms with E-state index in [2.05, 4.69) is 18.2 Å². The fourth-order valence-corrected chi connectivity index (χ4v) is 5.16. The number of likely N-dealkylation sites (tertiary alicyclic amines) is 1. The zero-order chi connectivity index (χ0) is 22.8. The summed E-state index contributed by atoms with van der Waals surface area (Å²) in [4.78, 5) is 19.6. The van der Waals surface area contributed by atoms with E-state index in [-0.39, 0.29) is 5.91 Å². The lowest BCUT2D eigenvalue weighted by Gasteiger charge is -2.30. The molecule has 1 fully saturated rings. The van der Waals surface area contributed by atoms with Crippen molar-refractivity contribution < 1.29 is 4.79 Å². The van der Waals surface area contributed by atoms with Crippen LogP contribution in [0.4, 0.5) is 0 Å². The smallest absolute Gasteiger partial charge is 0.227 e. The number of pyridine rings is 1. The molecule has 0 atom stereocenters. The Morgan fingerprint density at radius 1 is 1.00 bits per heavy atom. The molecule has 4 nitrogen and oxygen atoms in total. The predicted octanol–water partition coefficient (Wildman–Crippen LogP) is 5.37. The molecule has 2 heterocycles. The van der Waals surface area contributed by atoms with Crippen LogP contribution in [0.3, 0.4) is 0 Å². The third-order valence-corrected chi connectivity index (χ3v) is 6.85. The molecule has 164 valence electrons. The van der Waals surface area contributed by atoms with Gasteiger partial charge in [0.05, 0.1) is 23.7 Å². The van der Waals surface area contributed by atoms with Crippen molar-refractivity contribution in [3.05, 3.63) is 105 Å². The van der Waals surface area contributed by atoms with Gasteiger partial charge < -0.3 is 4.90 Å². The number of fused-ring (bicyclic) bond motifs is 2. The first-order chi connectivity index (χ1) is 16.1.